The van der Waals surface area contributed by atoms with Gasteiger partial charge in [0.25, 0.3) is 0 Å². The molecule has 14 heteroatoms. The number of esters is 2. The number of aliphatic hydroxyl groups is 1. The van der Waals surface area contributed by atoms with Crippen LogP contribution in [-0.4, -0.2) is 85.4 Å². The zero-order valence-electron chi connectivity index (χ0n) is 28.8. The molecule has 0 spiro atoms. The lowest BCUT2D eigenvalue weighted by Crippen LogP contribution is -2.42. The molecule has 0 heterocycles. The maximum absolute atomic E-state index is 13.0. The summed E-state index contributed by atoms with van der Waals surface area (Å²) in [5.74, 6) is -11.5. The molecule has 0 aromatic rings. The van der Waals surface area contributed by atoms with E-state index in [0.717, 1.165) is 57.8 Å². The Hall–Kier alpha value is -3.55. The largest absolute Gasteiger partial charge is 0.481 e. The Morgan fingerprint density at radius 1 is 0.604 bits per heavy atom. The Kier molecular flexibility index (Phi) is 22.8. The van der Waals surface area contributed by atoms with E-state index in [0.29, 0.717) is 12.8 Å². The first-order chi connectivity index (χ1) is 22.5. The van der Waals surface area contributed by atoms with Gasteiger partial charge in [-0.1, -0.05) is 78.6 Å². The third-order valence-electron chi connectivity index (χ3n) is 8.39. The van der Waals surface area contributed by atoms with Crippen molar-refractivity contribution in [1.82, 2.24) is 0 Å². The number of carbonyl (C=O) groups excluding carboxylic acids is 3. The molecule has 5 N–H and O–H groups in total. The molecule has 0 aliphatic heterocycles. The fourth-order valence-electron chi connectivity index (χ4n) is 5.49. The van der Waals surface area contributed by atoms with Crippen LogP contribution in [0.15, 0.2) is 0 Å². The van der Waals surface area contributed by atoms with Crippen molar-refractivity contribution in [3.05, 3.63) is 0 Å². The van der Waals surface area contributed by atoms with Crippen LogP contribution in [-0.2, 0) is 43.0 Å². The second-order valence-corrected chi connectivity index (χ2v) is 12.9. The highest BCUT2D eigenvalue weighted by Crippen LogP contribution is 2.29. The van der Waals surface area contributed by atoms with Gasteiger partial charge in [-0.3, -0.25) is 33.6 Å². The number of carbonyl (C=O) groups is 7. The molecule has 0 radical (unpaired) electrons. The summed E-state index contributed by atoms with van der Waals surface area (Å²) in [5.41, 5.74) is 0. The van der Waals surface area contributed by atoms with E-state index in [1.54, 1.807) is 6.92 Å². The average molecular weight is 689 g/mol. The normalized spacial score (nSPS) is 15.6. The SMILES string of the molecule is CCCC[C@@H](C)[C@@H](OC(=O)C[C@@H](CC(=O)O)C(=O)O)[C@H](C[C@@H](C)CCCCCCCC[C@H](O)C(C)=O)OC(=O)C[C@@H](CC(=O)O)C(=O)O. The summed E-state index contributed by atoms with van der Waals surface area (Å²) >= 11 is 0. The monoisotopic (exact) mass is 688 g/mol. The lowest BCUT2D eigenvalue weighted by molar-refractivity contribution is -0.177. The van der Waals surface area contributed by atoms with E-state index in [-0.39, 0.29) is 24.0 Å². The lowest BCUT2D eigenvalue weighted by Gasteiger charge is -2.33. The molecular weight excluding hydrogens is 632 g/mol. The van der Waals surface area contributed by atoms with Crippen LogP contribution in [0.4, 0.5) is 0 Å². The van der Waals surface area contributed by atoms with Crippen LogP contribution in [0, 0.1) is 23.7 Å². The zero-order valence-corrected chi connectivity index (χ0v) is 28.8. The summed E-state index contributed by atoms with van der Waals surface area (Å²) in [6, 6.07) is 0. The molecule has 0 unspecified atom stereocenters. The number of carboxylic acid groups (broad SMARTS) is 4. The predicted molar refractivity (Wildman–Crippen MR) is 172 cm³/mol. The third kappa shape index (κ3) is 20.6. The van der Waals surface area contributed by atoms with E-state index in [4.69, 9.17) is 19.7 Å². The summed E-state index contributed by atoms with van der Waals surface area (Å²) in [7, 11) is 0. The topological polar surface area (TPSA) is 239 Å². The van der Waals surface area contributed by atoms with Gasteiger partial charge in [-0.2, -0.15) is 0 Å². The second-order valence-electron chi connectivity index (χ2n) is 12.9. The van der Waals surface area contributed by atoms with E-state index >= 15 is 0 Å². The molecule has 0 saturated carbocycles. The van der Waals surface area contributed by atoms with Gasteiger partial charge in [0.1, 0.15) is 18.3 Å². The van der Waals surface area contributed by atoms with Crippen LogP contribution in [0.5, 0.6) is 0 Å². The van der Waals surface area contributed by atoms with Gasteiger partial charge in [-0.05, 0) is 38.0 Å². The maximum Gasteiger partial charge on any atom is 0.307 e. The number of rotatable bonds is 29. The van der Waals surface area contributed by atoms with Gasteiger partial charge < -0.3 is 35.0 Å². The van der Waals surface area contributed by atoms with Gasteiger partial charge in [0.15, 0.2) is 5.78 Å². The summed E-state index contributed by atoms with van der Waals surface area (Å²) in [5, 5.41) is 46.6. The molecule has 0 saturated heterocycles. The number of hydrogen-bond donors (Lipinski definition) is 5. The minimum atomic E-state index is -1.54. The molecule has 0 aromatic carbocycles. The molecule has 0 rings (SSSR count). The van der Waals surface area contributed by atoms with Crippen molar-refractivity contribution in [2.75, 3.05) is 0 Å². The maximum atomic E-state index is 13.0. The van der Waals surface area contributed by atoms with Crippen LogP contribution in [0.1, 0.15) is 130 Å². The van der Waals surface area contributed by atoms with E-state index < -0.39 is 91.6 Å². The second kappa shape index (κ2) is 24.6. The standard InChI is InChI=1S/C34H56O14/c1-5-6-14-22(3)32(48-31(42)20-25(34(45)46)18-29(39)40)27(47-30(41)19-24(33(43)44)17-28(37)38)16-21(2)13-11-9-7-8-10-12-15-26(36)23(4)35/h21-22,24-27,32,36H,5-20H2,1-4H3,(H,37,38)(H,39,40)(H,43,44)(H,45,46)/t21-,22+,24+,25+,26-,27-,32+/m0/s1. The van der Waals surface area contributed by atoms with Crippen molar-refractivity contribution in [3.63, 3.8) is 0 Å². The summed E-state index contributed by atoms with van der Waals surface area (Å²) < 4.78 is 11.5. The highest BCUT2D eigenvalue weighted by molar-refractivity contribution is 5.84. The molecule has 7 atom stereocenters. The number of Topliss-reactive ketones (excluding diaryl/α,β-unsaturated/α-hetero) is 1. The Balaban J connectivity index is 5.81. The molecule has 0 aromatic heterocycles. The van der Waals surface area contributed by atoms with Gasteiger partial charge in [-0.25, -0.2) is 0 Å². The number of unbranched alkanes of at least 4 members (excludes halogenated alkanes) is 6. The minimum Gasteiger partial charge on any atom is -0.481 e. The predicted octanol–water partition coefficient (Wildman–Crippen LogP) is 4.86. The number of ketones is 1. The highest BCUT2D eigenvalue weighted by Gasteiger charge is 2.36. The zero-order chi connectivity index (χ0) is 36.8. The van der Waals surface area contributed by atoms with Crippen molar-refractivity contribution >= 4 is 41.6 Å². The van der Waals surface area contributed by atoms with Gasteiger partial charge in [-0.15, -0.1) is 0 Å². The summed E-state index contributed by atoms with van der Waals surface area (Å²) in [4.78, 5) is 82.7. The van der Waals surface area contributed by atoms with E-state index in [2.05, 4.69) is 0 Å². The molecule has 276 valence electrons. The van der Waals surface area contributed by atoms with Gasteiger partial charge >= 0.3 is 35.8 Å². The number of aliphatic hydroxyl groups excluding tert-OH is 1. The van der Waals surface area contributed by atoms with Crippen molar-refractivity contribution in [2.24, 2.45) is 23.7 Å². The molecule has 14 nitrogen and oxygen atoms in total. The fourth-order valence-corrected chi connectivity index (χ4v) is 5.49. The Bertz CT molecular complexity index is 1040. The number of aliphatic carboxylic acids is 4. The molecule has 0 fully saturated rings. The van der Waals surface area contributed by atoms with Crippen molar-refractivity contribution in [1.29, 1.82) is 0 Å². The van der Waals surface area contributed by atoms with Crippen LogP contribution >= 0.6 is 0 Å². The number of carboxylic acids is 4. The molecular formula is C34H56O14. The fraction of sp³-hybridized carbons (Fsp3) is 0.794. The lowest BCUT2D eigenvalue weighted by atomic mass is 9.87. The highest BCUT2D eigenvalue weighted by atomic mass is 16.6. The van der Waals surface area contributed by atoms with Crippen LogP contribution in [0.3, 0.4) is 0 Å². The molecule has 0 bridgehead atoms. The van der Waals surface area contributed by atoms with Gasteiger partial charge in [0, 0.05) is 0 Å². The first kappa shape index (κ1) is 44.5. The summed E-state index contributed by atoms with van der Waals surface area (Å²) in [6.07, 6.45) is 2.65. The quantitative estimate of drug-likeness (QED) is 0.0521. The Morgan fingerprint density at radius 3 is 1.50 bits per heavy atom. The number of ether oxygens (including phenoxy) is 2. The minimum absolute atomic E-state index is 0.0545. The van der Waals surface area contributed by atoms with Gasteiger partial charge in [0.05, 0.1) is 37.5 Å². The molecule has 0 aliphatic rings. The Labute approximate surface area is 282 Å². The molecule has 0 aliphatic carbocycles. The third-order valence-corrected chi connectivity index (χ3v) is 8.39. The van der Waals surface area contributed by atoms with Crippen molar-refractivity contribution in [3.8, 4) is 0 Å². The molecule has 0 amide bonds. The van der Waals surface area contributed by atoms with Crippen molar-refractivity contribution < 1.29 is 68.6 Å². The molecule has 48 heavy (non-hydrogen) atoms. The van der Waals surface area contributed by atoms with Crippen LogP contribution in [0.25, 0.3) is 0 Å². The Morgan fingerprint density at radius 2 is 1.06 bits per heavy atom. The smallest absolute Gasteiger partial charge is 0.307 e. The van der Waals surface area contributed by atoms with E-state index in [1.165, 1.54) is 6.92 Å². The van der Waals surface area contributed by atoms with E-state index in [9.17, 15) is 48.9 Å². The van der Waals surface area contributed by atoms with E-state index in [1.807, 2.05) is 13.8 Å². The number of hydrogen-bond acceptors (Lipinski definition) is 10. The average Bonchev–Trinajstić information content (AvgIpc) is 2.98. The van der Waals surface area contributed by atoms with Gasteiger partial charge in [0.2, 0.25) is 0 Å². The van der Waals surface area contributed by atoms with Crippen LogP contribution in [0.2, 0.25) is 0 Å². The first-order valence-electron chi connectivity index (χ1n) is 16.9. The van der Waals surface area contributed by atoms with Crippen LogP contribution < -0.4 is 0 Å². The first-order valence-corrected chi connectivity index (χ1v) is 16.9. The van der Waals surface area contributed by atoms with Crippen molar-refractivity contribution in [2.45, 2.75) is 149 Å². The summed E-state index contributed by atoms with van der Waals surface area (Å²) in [6.45, 7) is 7.03.